The molecule has 1 aromatic carbocycles. The van der Waals surface area contributed by atoms with Crippen molar-refractivity contribution in [2.24, 2.45) is 0 Å². The molecule has 9 heteroatoms. The lowest BCUT2D eigenvalue weighted by Gasteiger charge is -2.20. The van der Waals surface area contributed by atoms with E-state index < -0.39 is 0 Å². The fourth-order valence-electron chi connectivity index (χ4n) is 2.53. The van der Waals surface area contributed by atoms with Crippen LogP contribution in [0.3, 0.4) is 0 Å². The van der Waals surface area contributed by atoms with Crippen molar-refractivity contribution in [3.05, 3.63) is 40.9 Å². The number of thioether (sulfide) groups is 1. The Morgan fingerprint density at radius 3 is 2.81 bits per heavy atom. The van der Waals surface area contributed by atoms with Crippen molar-refractivity contribution in [3.8, 4) is 0 Å². The summed E-state index contributed by atoms with van der Waals surface area (Å²) in [6.07, 6.45) is 0.860. The van der Waals surface area contributed by atoms with Gasteiger partial charge in [0.25, 0.3) is 0 Å². The van der Waals surface area contributed by atoms with Gasteiger partial charge in [0.05, 0.1) is 11.4 Å². The number of rotatable bonds is 8. The third-order valence-corrected chi connectivity index (χ3v) is 6.66. The second-order valence-electron chi connectivity index (χ2n) is 5.65. The highest BCUT2D eigenvalue weighted by Gasteiger charge is 2.20. The van der Waals surface area contributed by atoms with E-state index in [1.165, 1.54) is 22.7 Å². The molecular formula is C18H21N5OS3. The van der Waals surface area contributed by atoms with Gasteiger partial charge in [-0.2, -0.15) is 0 Å². The van der Waals surface area contributed by atoms with E-state index in [0.29, 0.717) is 10.9 Å². The molecule has 142 valence electrons. The number of carbonyl (C=O) groups excluding carboxylic acids is 1. The van der Waals surface area contributed by atoms with E-state index in [2.05, 4.69) is 27.4 Å². The molecule has 6 nitrogen and oxygen atoms in total. The molecule has 0 aliphatic rings. The first-order valence-electron chi connectivity index (χ1n) is 8.65. The maximum absolute atomic E-state index is 12.3. The fraction of sp³-hybridized carbons (Fsp3) is 0.333. The van der Waals surface area contributed by atoms with Gasteiger partial charge in [0.15, 0.2) is 9.47 Å². The van der Waals surface area contributed by atoms with Crippen LogP contribution in [0, 0.1) is 0 Å². The quantitative estimate of drug-likeness (QED) is 0.520. The Balaban J connectivity index is 1.75. The SMILES string of the molecule is CCNc1nnc(SCc2csc(N(C(C)=O)c3ccccc3CC)n2)s1. The Morgan fingerprint density at radius 1 is 1.26 bits per heavy atom. The van der Waals surface area contributed by atoms with E-state index in [9.17, 15) is 4.79 Å². The number of para-hydroxylation sites is 1. The predicted molar refractivity (Wildman–Crippen MR) is 114 cm³/mol. The minimum atomic E-state index is -0.0381. The molecular weight excluding hydrogens is 398 g/mol. The number of amides is 1. The highest BCUT2D eigenvalue weighted by atomic mass is 32.2. The number of hydrogen-bond donors (Lipinski definition) is 1. The summed E-state index contributed by atoms with van der Waals surface area (Å²) in [6.45, 7) is 6.52. The molecule has 2 heterocycles. The average Bonchev–Trinajstić information content (AvgIpc) is 3.30. The molecule has 0 radical (unpaired) electrons. The summed E-state index contributed by atoms with van der Waals surface area (Å²) in [5, 5.41) is 15.0. The third-order valence-electron chi connectivity index (χ3n) is 3.74. The van der Waals surface area contributed by atoms with E-state index in [-0.39, 0.29) is 5.91 Å². The van der Waals surface area contributed by atoms with E-state index in [1.54, 1.807) is 23.6 Å². The number of nitrogens with zero attached hydrogens (tertiary/aromatic N) is 4. The first-order chi connectivity index (χ1) is 13.1. The number of hydrogen-bond acceptors (Lipinski definition) is 8. The van der Waals surface area contributed by atoms with Crippen molar-refractivity contribution in [1.29, 1.82) is 0 Å². The molecule has 2 aromatic heterocycles. The summed E-state index contributed by atoms with van der Waals surface area (Å²) in [4.78, 5) is 18.7. The monoisotopic (exact) mass is 419 g/mol. The Bertz CT molecular complexity index is 908. The van der Waals surface area contributed by atoms with Gasteiger partial charge in [0.1, 0.15) is 0 Å². The van der Waals surface area contributed by atoms with E-state index in [1.807, 2.05) is 36.6 Å². The van der Waals surface area contributed by atoms with Gasteiger partial charge in [-0.25, -0.2) is 4.98 Å². The van der Waals surface area contributed by atoms with Gasteiger partial charge in [-0.3, -0.25) is 9.69 Å². The van der Waals surface area contributed by atoms with Crippen LogP contribution in [-0.2, 0) is 17.0 Å². The molecule has 1 amide bonds. The molecule has 0 saturated heterocycles. The third kappa shape index (κ3) is 4.85. The average molecular weight is 420 g/mol. The Kier molecular flexibility index (Phi) is 6.81. The Hall–Kier alpha value is -1.97. The molecule has 27 heavy (non-hydrogen) atoms. The number of aromatic nitrogens is 3. The van der Waals surface area contributed by atoms with Crippen molar-refractivity contribution in [3.63, 3.8) is 0 Å². The Labute approximate surface area is 171 Å². The summed E-state index contributed by atoms with van der Waals surface area (Å²) in [5.41, 5.74) is 2.96. The summed E-state index contributed by atoms with van der Waals surface area (Å²) in [7, 11) is 0. The minimum absolute atomic E-state index is 0.0381. The van der Waals surface area contributed by atoms with Gasteiger partial charge in [-0.15, -0.1) is 21.5 Å². The first kappa shape index (κ1) is 19.8. The van der Waals surface area contributed by atoms with Crippen LogP contribution in [0.4, 0.5) is 16.0 Å². The fourth-order valence-corrected chi connectivity index (χ4v) is 5.22. The molecule has 0 fully saturated rings. The van der Waals surface area contributed by atoms with Crippen LogP contribution < -0.4 is 10.2 Å². The molecule has 3 rings (SSSR count). The lowest BCUT2D eigenvalue weighted by atomic mass is 10.1. The van der Waals surface area contributed by atoms with E-state index in [4.69, 9.17) is 0 Å². The Morgan fingerprint density at radius 2 is 2.07 bits per heavy atom. The largest absolute Gasteiger partial charge is 0.360 e. The standard InChI is InChI=1S/C18H21N5OS3/c1-4-13-8-6-7-9-15(13)23(12(3)24)17-20-14(10-25-17)11-26-18-22-21-16(27-18)19-5-2/h6-10H,4-5,11H2,1-3H3,(H,19,21). The molecule has 0 atom stereocenters. The number of carbonyl (C=O) groups is 1. The lowest BCUT2D eigenvalue weighted by Crippen LogP contribution is -2.23. The van der Waals surface area contributed by atoms with Crippen molar-refractivity contribution < 1.29 is 4.79 Å². The van der Waals surface area contributed by atoms with Crippen LogP contribution in [0.1, 0.15) is 32.0 Å². The molecule has 3 aromatic rings. The normalized spacial score (nSPS) is 10.8. The van der Waals surface area contributed by atoms with Crippen LogP contribution >= 0.6 is 34.4 Å². The molecule has 0 saturated carbocycles. The van der Waals surface area contributed by atoms with Crippen LogP contribution in [0.15, 0.2) is 34.0 Å². The maximum Gasteiger partial charge on any atom is 0.230 e. The second kappa shape index (κ2) is 9.29. The topological polar surface area (TPSA) is 71.0 Å². The van der Waals surface area contributed by atoms with Crippen LogP contribution in [0.2, 0.25) is 0 Å². The molecule has 0 bridgehead atoms. The molecule has 1 N–H and O–H groups in total. The maximum atomic E-state index is 12.3. The van der Waals surface area contributed by atoms with Crippen molar-refractivity contribution in [2.45, 2.75) is 37.3 Å². The number of thiazole rings is 1. The molecule has 0 unspecified atom stereocenters. The minimum Gasteiger partial charge on any atom is -0.360 e. The van der Waals surface area contributed by atoms with Gasteiger partial charge in [-0.05, 0) is 25.0 Å². The van der Waals surface area contributed by atoms with E-state index in [0.717, 1.165) is 39.4 Å². The van der Waals surface area contributed by atoms with Crippen molar-refractivity contribution >= 4 is 56.3 Å². The zero-order chi connectivity index (χ0) is 19.2. The molecule has 0 aliphatic carbocycles. The first-order valence-corrected chi connectivity index (χ1v) is 11.3. The van der Waals surface area contributed by atoms with Crippen LogP contribution in [0.5, 0.6) is 0 Å². The van der Waals surface area contributed by atoms with Gasteiger partial charge < -0.3 is 5.32 Å². The zero-order valence-electron chi connectivity index (χ0n) is 15.4. The van der Waals surface area contributed by atoms with Crippen molar-refractivity contribution in [2.75, 3.05) is 16.8 Å². The summed E-state index contributed by atoms with van der Waals surface area (Å²) >= 11 is 4.62. The zero-order valence-corrected chi connectivity index (χ0v) is 17.9. The van der Waals surface area contributed by atoms with Gasteiger partial charge >= 0.3 is 0 Å². The van der Waals surface area contributed by atoms with Crippen LogP contribution in [-0.4, -0.2) is 27.6 Å². The van der Waals surface area contributed by atoms with Gasteiger partial charge in [0, 0.05) is 24.6 Å². The summed E-state index contributed by atoms with van der Waals surface area (Å²) in [5.74, 6) is 0.655. The summed E-state index contributed by atoms with van der Waals surface area (Å²) in [6, 6.07) is 7.97. The number of nitrogens with one attached hydrogen (secondary N) is 1. The van der Waals surface area contributed by atoms with Crippen LogP contribution in [0.25, 0.3) is 0 Å². The van der Waals surface area contributed by atoms with E-state index >= 15 is 0 Å². The molecule has 0 aliphatic heterocycles. The number of benzene rings is 1. The van der Waals surface area contributed by atoms with Gasteiger partial charge in [0.2, 0.25) is 11.0 Å². The second-order valence-corrected chi connectivity index (χ2v) is 8.69. The smallest absolute Gasteiger partial charge is 0.230 e. The molecule has 0 spiro atoms. The predicted octanol–water partition coefficient (Wildman–Crippen LogP) is 4.97. The van der Waals surface area contributed by atoms with Crippen molar-refractivity contribution in [1.82, 2.24) is 15.2 Å². The highest BCUT2D eigenvalue weighted by Crippen LogP contribution is 2.34. The van der Waals surface area contributed by atoms with Gasteiger partial charge in [-0.1, -0.05) is 48.2 Å². The highest BCUT2D eigenvalue weighted by molar-refractivity contribution is 8.00. The lowest BCUT2D eigenvalue weighted by molar-refractivity contribution is -0.115. The number of aryl methyl sites for hydroxylation is 1. The summed E-state index contributed by atoms with van der Waals surface area (Å²) < 4.78 is 0.903. The number of anilines is 3.